The number of benzene rings is 1. The van der Waals surface area contributed by atoms with Crippen LogP contribution in [-0.4, -0.2) is 18.6 Å². The number of hydrogen-bond acceptors (Lipinski definition) is 2. The molecule has 3 nitrogen and oxygen atoms in total. The van der Waals surface area contributed by atoms with Crippen molar-refractivity contribution in [3.63, 3.8) is 0 Å². The molecule has 0 aliphatic carbocycles. The molecule has 0 fully saturated rings. The zero-order valence-electron chi connectivity index (χ0n) is 12.2. The number of methoxy groups -OCH3 is 1. The Kier molecular flexibility index (Phi) is 5.39. The van der Waals surface area contributed by atoms with E-state index in [1.165, 1.54) is 12.5 Å². The van der Waals surface area contributed by atoms with E-state index in [4.69, 9.17) is 16.3 Å². The lowest BCUT2D eigenvalue weighted by atomic mass is 9.84. The van der Waals surface area contributed by atoms with Crippen molar-refractivity contribution < 1.29 is 9.53 Å². The highest BCUT2D eigenvalue weighted by atomic mass is 35.5. The number of halogens is 1. The highest BCUT2D eigenvalue weighted by molar-refractivity contribution is 6.20. The van der Waals surface area contributed by atoms with Gasteiger partial charge in [0.2, 0.25) is 5.91 Å². The molecule has 1 N–H and O–H groups in total. The van der Waals surface area contributed by atoms with E-state index in [1.54, 1.807) is 7.11 Å². The van der Waals surface area contributed by atoms with E-state index < -0.39 is 11.1 Å². The molecular formula is C15H22ClNO2. The highest BCUT2D eigenvalue weighted by Crippen LogP contribution is 2.34. The van der Waals surface area contributed by atoms with Crippen LogP contribution in [0.3, 0.4) is 0 Å². The Morgan fingerprint density at radius 2 is 2.16 bits per heavy atom. The molecule has 0 saturated carbocycles. The molecule has 0 aliphatic rings. The standard InChI is InChI=1S/C15H22ClNO2/c1-6-12-9-7-8-10(2)13(12)15(4,14(16)19-5)17-11(3)18/h7-9,14H,6H2,1-5H3,(H,17,18). The number of carbonyl (C=O) groups is 1. The Hall–Kier alpha value is -1.06. The summed E-state index contributed by atoms with van der Waals surface area (Å²) in [7, 11) is 1.54. The van der Waals surface area contributed by atoms with Gasteiger partial charge in [0, 0.05) is 14.0 Å². The average molecular weight is 284 g/mol. The molecule has 0 aromatic heterocycles. The quantitative estimate of drug-likeness (QED) is 0.843. The smallest absolute Gasteiger partial charge is 0.217 e. The van der Waals surface area contributed by atoms with Crippen LogP contribution >= 0.6 is 11.6 Å². The summed E-state index contributed by atoms with van der Waals surface area (Å²) in [6, 6.07) is 6.09. The Morgan fingerprint density at radius 3 is 2.63 bits per heavy atom. The van der Waals surface area contributed by atoms with Crippen LogP contribution in [0, 0.1) is 6.92 Å². The summed E-state index contributed by atoms with van der Waals surface area (Å²) in [5, 5.41) is 2.94. The van der Waals surface area contributed by atoms with Gasteiger partial charge in [-0.2, -0.15) is 0 Å². The van der Waals surface area contributed by atoms with E-state index in [-0.39, 0.29) is 5.91 Å². The predicted molar refractivity (Wildman–Crippen MR) is 78.4 cm³/mol. The normalized spacial score (nSPS) is 15.7. The minimum absolute atomic E-state index is 0.129. The van der Waals surface area contributed by atoms with Gasteiger partial charge < -0.3 is 10.1 Å². The van der Waals surface area contributed by atoms with Gasteiger partial charge in [0.05, 0.1) is 0 Å². The van der Waals surface area contributed by atoms with Crippen LogP contribution in [0.5, 0.6) is 0 Å². The Morgan fingerprint density at radius 1 is 1.53 bits per heavy atom. The van der Waals surface area contributed by atoms with Crippen LogP contribution in [-0.2, 0) is 21.5 Å². The number of alkyl halides is 1. The first-order chi connectivity index (χ1) is 8.86. The minimum Gasteiger partial charge on any atom is -0.363 e. The topological polar surface area (TPSA) is 38.3 Å². The maximum absolute atomic E-state index is 11.5. The van der Waals surface area contributed by atoms with Gasteiger partial charge in [-0.3, -0.25) is 4.79 Å². The van der Waals surface area contributed by atoms with Crippen LogP contribution in [0.4, 0.5) is 0 Å². The summed E-state index contributed by atoms with van der Waals surface area (Å²) >= 11 is 6.32. The third kappa shape index (κ3) is 3.28. The maximum Gasteiger partial charge on any atom is 0.217 e. The van der Waals surface area contributed by atoms with E-state index in [0.29, 0.717) is 0 Å². The van der Waals surface area contributed by atoms with E-state index in [1.807, 2.05) is 26.0 Å². The summed E-state index contributed by atoms with van der Waals surface area (Å²) in [6.07, 6.45) is 0.875. The Labute approximate surface area is 120 Å². The molecule has 1 aromatic carbocycles. The fourth-order valence-corrected chi connectivity index (χ4v) is 2.76. The fourth-order valence-electron chi connectivity index (χ4n) is 2.60. The first-order valence-electron chi connectivity index (χ1n) is 6.41. The highest BCUT2D eigenvalue weighted by Gasteiger charge is 2.38. The van der Waals surface area contributed by atoms with Crippen molar-refractivity contribution in [1.29, 1.82) is 0 Å². The number of aryl methyl sites for hydroxylation is 2. The van der Waals surface area contributed by atoms with Crippen molar-refractivity contribution >= 4 is 17.5 Å². The van der Waals surface area contributed by atoms with Gasteiger partial charge in [0.15, 0.2) is 5.56 Å². The second-order valence-electron chi connectivity index (χ2n) is 4.90. The van der Waals surface area contributed by atoms with E-state index >= 15 is 0 Å². The first kappa shape index (κ1) is 16.0. The summed E-state index contributed by atoms with van der Waals surface area (Å²) in [4.78, 5) is 11.5. The van der Waals surface area contributed by atoms with E-state index in [2.05, 4.69) is 18.3 Å². The molecular weight excluding hydrogens is 262 g/mol. The summed E-state index contributed by atoms with van der Waals surface area (Å²) in [5.74, 6) is -0.129. The number of ether oxygens (including phenoxy) is 1. The van der Waals surface area contributed by atoms with Crippen LogP contribution in [0.25, 0.3) is 0 Å². The third-order valence-electron chi connectivity index (χ3n) is 3.36. The monoisotopic (exact) mass is 283 g/mol. The van der Waals surface area contributed by atoms with E-state index in [9.17, 15) is 4.79 Å². The van der Waals surface area contributed by atoms with Gasteiger partial charge in [0.1, 0.15) is 5.54 Å². The fraction of sp³-hybridized carbons (Fsp3) is 0.533. The molecule has 4 heteroatoms. The van der Waals surface area contributed by atoms with Gasteiger partial charge in [-0.15, -0.1) is 0 Å². The molecule has 1 aromatic rings. The van der Waals surface area contributed by atoms with Gasteiger partial charge in [-0.25, -0.2) is 0 Å². The average Bonchev–Trinajstić information content (AvgIpc) is 2.36. The van der Waals surface area contributed by atoms with Gasteiger partial charge in [-0.05, 0) is 37.0 Å². The molecule has 0 bridgehead atoms. The summed E-state index contributed by atoms with van der Waals surface area (Å²) < 4.78 is 5.28. The van der Waals surface area contributed by atoms with Crippen molar-refractivity contribution in [2.24, 2.45) is 0 Å². The Bertz CT molecular complexity index is 461. The third-order valence-corrected chi connectivity index (χ3v) is 3.97. The SMILES string of the molecule is CCc1cccc(C)c1C(C)(NC(C)=O)C(Cl)OC. The number of rotatable bonds is 5. The Balaban J connectivity index is 3.44. The molecule has 106 valence electrons. The van der Waals surface area contributed by atoms with Crippen molar-refractivity contribution in [3.8, 4) is 0 Å². The zero-order valence-corrected chi connectivity index (χ0v) is 13.0. The molecule has 0 radical (unpaired) electrons. The molecule has 1 amide bonds. The van der Waals surface area contributed by atoms with Crippen molar-refractivity contribution in [2.75, 3.05) is 7.11 Å². The zero-order chi connectivity index (χ0) is 14.6. The predicted octanol–water partition coefficient (Wildman–Crippen LogP) is 3.12. The van der Waals surface area contributed by atoms with Crippen LogP contribution < -0.4 is 5.32 Å². The molecule has 19 heavy (non-hydrogen) atoms. The molecule has 2 atom stereocenters. The van der Waals surface area contributed by atoms with E-state index in [0.717, 1.165) is 17.5 Å². The molecule has 0 spiro atoms. The molecule has 0 aliphatic heterocycles. The van der Waals surface area contributed by atoms with Crippen LogP contribution in [0.15, 0.2) is 18.2 Å². The second-order valence-corrected chi connectivity index (χ2v) is 5.29. The lowest BCUT2D eigenvalue weighted by Gasteiger charge is -2.37. The lowest BCUT2D eigenvalue weighted by molar-refractivity contribution is -0.122. The number of nitrogens with one attached hydrogen (secondary N) is 1. The van der Waals surface area contributed by atoms with Crippen molar-refractivity contribution in [2.45, 2.75) is 45.2 Å². The summed E-state index contributed by atoms with van der Waals surface area (Å²) in [5.41, 5.74) is 1.91. The van der Waals surface area contributed by atoms with Gasteiger partial charge >= 0.3 is 0 Å². The van der Waals surface area contributed by atoms with Crippen LogP contribution in [0.2, 0.25) is 0 Å². The van der Waals surface area contributed by atoms with Crippen molar-refractivity contribution in [1.82, 2.24) is 5.32 Å². The largest absolute Gasteiger partial charge is 0.363 e. The molecule has 1 rings (SSSR count). The second kappa shape index (κ2) is 6.40. The number of carbonyl (C=O) groups excluding carboxylic acids is 1. The van der Waals surface area contributed by atoms with Gasteiger partial charge in [-0.1, -0.05) is 36.7 Å². The van der Waals surface area contributed by atoms with Gasteiger partial charge in [0.25, 0.3) is 0 Å². The maximum atomic E-state index is 11.5. The molecule has 0 saturated heterocycles. The number of amides is 1. The summed E-state index contributed by atoms with van der Waals surface area (Å²) in [6.45, 7) is 7.49. The molecule has 2 unspecified atom stereocenters. The first-order valence-corrected chi connectivity index (χ1v) is 6.85. The number of hydrogen-bond donors (Lipinski definition) is 1. The van der Waals surface area contributed by atoms with Crippen LogP contribution in [0.1, 0.15) is 37.5 Å². The lowest BCUT2D eigenvalue weighted by Crippen LogP contribution is -2.50. The van der Waals surface area contributed by atoms with Crippen molar-refractivity contribution in [3.05, 3.63) is 34.9 Å². The minimum atomic E-state index is -0.751. The molecule has 0 heterocycles.